The van der Waals surface area contributed by atoms with Crippen molar-refractivity contribution in [1.29, 1.82) is 0 Å². The molecule has 27 heavy (non-hydrogen) atoms. The number of hydrogen-bond acceptors (Lipinski definition) is 4. The molecule has 1 fully saturated rings. The molecule has 0 amide bonds. The zero-order valence-electron chi connectivity index (χ0n) is 15.6. The lowest BCUT2D eigenvalue weighted by atomic mass is 9.70. The standard InChI is InChI=1S/C22H26O5/c1-26-20-13-17(18-9-5-6-12-22(18,25)14-21(23)24)10-11-19(20)27-15-16-7-3-2-4-8-16/h2-4,7-8,10-11,13,18,25H,5-6,9,12,14-15H2,1H3,(H,23,24). The third kappa shape index (κ3) is 4.61. The predicted molar refractivity (Wildman–Crippen MR) is 102 cm³/mol. The van der Waals surface area contributed by atoms with Crippen LogP contribution in [0.1, 0.15) is 49.1 Å². The van der Waals surface area contributed by atoms with Crippen LogP contribution in [-0.4, -0.2) is 28.9 Å². The fourth-order valence-electron chi connectivity index (χ4n) is 3.93. The van der Waals surface area contributed by atoms with Crippen LogP contribution >= 0.6 is 0 Å². The fourth-order valence-corrected chi connectivity index (χ4v) is 3.93. The maximum Gasteiger partial charge on any atom is 0.306 e. The summed E-state index contributed by atoms with van der Waals surface area (Å²) >= 11 is 0. The van der Waals surface area contributed by atoms with Crippen molar-refractivity contribution in [3.05, 3.63) is 59.7 Å². The van der Waals surface area contributed by atoms with Gasteiger partial charge in [0.1, 0.15) is 6.61 Å². The van der Waals surface area contributed by atoms with Crippen molar-refractivity contribution in [2.75, 3.05) is 7.11 Å². The number of methoxy groups -OCH3 is 1. The van der Waals surface area contributed by atoms with Crippen LogP contribution in [0.2, 0.25) is 0 Å². The molecule has 0 radical (unpaired) electrons. The highest BCUT2D eigenvalue weighted by molar-refractivity contribution is 5.68. The van der Waals surface area contributed by atoms with Gasteiger partial charge in [-0.05, 0) is 36.1 Å². The number of benzene rings is 2. The molecule has 2 aromatic rings. The number of aliphatic carboxylic acids is 1. The maximum absolute atomic E-state index is 11.2. The Morgan fingerprint density at radius 2 is 1.93 bits per heavy atom. The molecule has 1 saturated carbocycles. The van der Waals surface area contributed by atoms with Crippen molar-refractivity contribution in [2.45, 2.75) is 50.2 Å². The van der Waals surface area contributed by atoms with Crippen LogP contribution in [0.25, 0.3) is 0 Å². The van der Waals surface area contributed by atoms with E-state index in [2.05, 4.69) is 0 Å². The summed E-state index contributed by atoms with van der Waals surface area (Å²) in [7, 11) is 1.58. The number of carboxylic acids is 1. The molecule has 144 valence electrons. The zero-order valence-corrected chi connectivity index (χ0v) is 15.6. The van der Waals surface area contributed by atoms with E-state index in [9.17, 15) is 15.0 Å². The topological polar surface area (TPSA) is 76.0 Å². The van der Waals surface area contributed by atoms with Crippen molar-refractivity contribution >= 4 is 5.97 Å². The first kappa shape index (κ1) is 19.2. The van der Waals surface area contributed by atoms with Gasteiger partial charge in [-0.25, -0.2) is 0 Å². The van der Waals surface area contributed by atoms with Gasteiger partial charge in [0, 0.05) is 5.92 Å². The van der Waals surface area contributed by atoms with Crippen molar-refractivity contribution in [3.8, 4) is 11.5 Å². The van der Waals surface area contributed by atoms with E-state index in [0.29, 0.717) is 24.5 Å². The van der Waals surface area contributed by atoms with Gasteiger partial charge in [0.25, 0.3) is 0 Å². The lowest BCUT2D eigenvalue weighted by molar-refractivity contribution is -0.145. The lowest BCUT2D eigenvalue weighted by Crippen LogP contribution is -2.41. The second kappa shape index (κ2) is 8.44. The Hall–Kier alpha value is -2.53. The van der Waals surface area contributed by atoms with Gasteiger partial charge >= 0.3 is 5.97 Å². The molecule has 0 saturated heterocycles. The largest absolute Gasteiger partial charge is 0.493 e. The molecule has 2 N–H and O–H groups in total. The summed E-state index contributed by atoms with van der Waals surface area (Å²) in [6, 6.07) is 15.5. The van der Waals surface area contributed by atoms with E-state index in [1.807, 2.05) is 48.5 Å². The maximum atomic E-state index is 11.2. The molecule has 0 aromatic heterocycles. The summed E-state index contributed by atoms with van der Waals surface area (Å²) in [6.45, 7) is 0.433. The van der Waals surface area contributed by atoms with Gasteiger partial charge in [-0.15, -0.1) is 0 Å². The average molecular weight is 370 g/mol. The van der Waals surface area contributed by atoms with E-state index >= 15 is 0 Å². The van der Waals surface area contributed by atoms with Crippen molar-refractivity contribution in [1.82, 2.24) is 0 Å². The fraction of sp³-hybridized carbons (Fsp3) is 0.409. The molecule has 0 aliphatic heterocycles. The van der Waals surface area contributed by atoms with Gasteiger partial charge in [0.15, 0.2) is 11.5 Å². The summed E-state index contributed by atoms with van der Waals surface area (Å²) in [4.78, 5) is 11.2. The van der Waals surface area contributed by atoms with Crippen LogP contribution < -0.4 is 9.47 Å². The molecule has 5 heteroatoms. The van der Waals surface area contributed by atoms with Crippen molar-refractivity contribution in [3.63, 3.8) is 0 Å². The van der Waals surface area contributed by atoms with Gasteiger partial charge < -0.3 is 19.7 Å². The Bertz CT molecular complexity index is 774. The van der Waals surface area contributed by atoms with Crippen LogP contribution in [0.3, 0.4) is 0 Å². The molecule has 3 rings (SSSR count). The monoisotopic (exact) mass is 370 g/mol. The summed E-state index contributed by atoms with van der Waals surface area (Å²) in [5, 5.41) is 20.2. The Kier molecular flexibility index (Phi) is 6.01. The Balaban J connectivity index is 1.81. The van der Waals surface area contributed by atoms with Gasteiger partial charge in [-0.2, -0.15) is 0 Å². The Morgan fingerprint density at radius 1 is 1.15 bits per heavy atom. The minimum Gasteiger partial charge on any atom is -0.493 e. The van der Waals surface area contributed by atoms with Crippen LogP contribution in [-0.2, 0) is 11.4 Å². The third-order valence-corrected chi connectivity index (χ3v) is 5.29. The molecular formula is C22H26O5. The van der Waals surface area contributed by atoms with Crippen LogP contribution in [0.15, 0.2) is 48.5 Å². The number of rotatable bonds is 7. The van der Waals surface area contributed by atoms with Crippen LogP contribution in [0.4, 0.5) is 0 Å². The third-order valence-electron chi connectivity index (χ3n) is 5.29. The first-order valence-electron chi connectivity index (χ1n) is 9.31. The van der Waals surface area contributed by atoms with Crippen LogP contribution in [0.5, 0.6) is 11.5 Å². The number of ether oxygens (including phenoxy) is 2. The molecule has 5 nitrogen and oxygen atoms in total. The van der Waals surface area contributed by atoms with E-state index in [-0.39, 0.29) is 12.3 Å². The summed E-state index contributed by atoms with van der Waals surface area (Å²) in [5.74, 6) is 0.0213. The smallest absolute Gasteiger partial charge is 0.306 e. The van der Waals surface area contributed by atoms with E-state index in [1.54, 1.807) is 7.11 Å². The molecule has 0 heterocycles. The molecule has 2 unspecified atom stereocenters. The molecule has 1 aliphatic carbocycles. The SMILES string of the molecule is COc1cc(C2CCCCC2(O)CC(=O)O)ccc1OCc1ccccc1. The second-order valence-corrected chi connectivity index (χ2v) is 7.16. The quantitative estimate of drug-likeness (QED) is 0.766. The molecule has 2 aromatic carbocycles. The summed E-state index contributed by atoms with van der Waals surface area (Å²) < 4.78 is 11.4. The molecule has 2 atom stereocenters. The highest BCUT2D eigenvalue weighted by Gasteiger charge is 2.41. The minimum atomic E-state index is -1.22. The number of aliphatic hydroxyl groups is 1. The number of carboxylic acid groups (broad SMARTS) is 1. The van der Waals surface area contributed by atoms with Gasteiger partial charge in [-0.3, -0.25) is 4.79 Å². The van der Waals surface area contributed by atoms with Crippen molar-refractivity contribution < 1.29 is 24.5 Å². The van der Waals surface area contributed by atoms with Gasteiger partial charge in [0.2, 0.25) is 0 Å². The molecular weight excluding hydrogens is 344 g/mol. The highest BCUT2D eigenvalue weighted by atomic mass is 16.5. The first-order valence-corrected chi connectivity index (χ1v) is 9.31. The summed E-state index contributed by atoms with van der Waals surface area (Å²) in [6.07, 6.45) is 2.83. The number of carbonyl (C=O) groups is 1. The second-order valence-electron chi connectivity index (χ2n) is 7.16. The molecule has 0 bridgehead atoms. The normalized spacial score (nSPS) is 22.2. The lowest BCUT2D eigenvalue weighted by Gasteiger charge is -2.39. The van der Waals surface area contributed by atoms with E-state index < -0.39 is 11.6 Å². The van der Waals surface area contributed by atoms with E-state index in [4.69, 9.17) is 9.47 Å². The van der Waals surface area contributed by atoms with E-state index in [1.165, 1.54) is 0 Å². The predicted octanol–water partition coefficient (Wildman–Crippen LogP) is 4.14. The first-order chi connectivity index (χ1) is 13.0. The van der Waals surface area contributed by atoms with Gasteiger partial charge in [0.05, 0.1) is 19.1 Å². The minimum absolute atomic E-state index is 0.223. The molecule has 1 aliphatic rings. The molecule has 0 spiro atoms. The number of hydrogen-bond donors (Lipinski definition) is 2. The van der Waals surface area contributed by atoms with E-state index in [0.717, 1.165) is 30.4 Å². The van der Waals surface area contributed by atoms with Crippen molar-refractivity contribution in [2.24, 2.45) is 0 Å². The Morgan fingerprint density at radius 3 is 2.63 bits per heavy atom. The highest BCUT2D eigenvalue weighted by Crippen LogP contribution is 2.44. The average Bonchev–Trinajstić information content (AvgIpc) is 2.66. The zero-order chi connectivity index (χ0) is 19.3. The Labute approximate surface area is 159 Å². The summed E-state index contributed by atoms with van der Waals surface area (Å²) in [5.41, 5.74) is 0.732. The van der Waals surface area contributed by atoms with Gasteiger partial charge in [-0.1, -0.05) is 49.2 Å². The van der Waals surface area contributed by atoms with Crippen LogP contribution in [0, 0.1) is 0 Å².